The SMILES string of the molecule is C=C/C=C(\O)C1=CC(C(F)(F)F)CC=C1. The highest BCUT2D eigenvalue weighted by Crippen LogP contribution is 2.34. The third kappa shape index (κ3) is 3.01. The summed E-state index contributed by atoms with van der Waals surface area (Å²) < 4.78 is 37.1. The van der Waals surface area contributed by atoms with Crippen molar-refractivity contribution < 1.29 is 18.3 Å². The van der Waals surface area contributed by atoms with Crippen molar-refractivity contribution in [3.05, 3.63) is 48.3 Å². The highest BCUT2D eigenvalue weighted by Gasteiger charge is 2.38. The maximum atomic E-state index is 12.4. The maximum absolute atomic E-state index is 12.4. The summed E-state index contributed by atoms with van der Waals surface area (Å²) >= 11 is 0. The summed E-state index contributed by atoms with van der Waals surface area (Å²) in [6.45, 7) is 3.35. The van der Waals surface area contributed by atoms with Gasteiger partial charge in [0.2, 0.25) is 0 Å². The van der Waals surface area contributed by atoms with Crippen LogP contribution in [0, 0.1) is 5.92 Å². The van der Waals surface area contributed by atoms with E-state index >= 15 is 0 Å². The number of allylic oxidation sites excluding steroid dienone is 5. The zero-order valence-corrected chi connectivity index (χ0v) is 7.96. The number of halogens is 3. The normalized spacial score (nSPS) is 22.5. The van der Waals surface area contributed by atoms with Crippen molar-refractivity contribution >= 4 is 0 Å². The van der Waals surface area contributed by atoms with E-state index in [2.05, 4.69) is 6.58 Å². The van der Waals surface area contributed by atoms with Crippen molar-refractivity contribution in [1.29, 1.82) is 0 Å². The Kier molecular flexibility index (Phi) is 3.39. The summed E-state index contributed by atoms with van der Waals surface area (Å²) in [5.41, 5.74) is 0.184. The van der Waals surface area contributed by atoms with Crippen LogP contribution in [0.15, 0.2) is 48.3 Å². The smallest absolute Gasteiger partial charge is 0.395 e. The Morgan fingerprint density at radius 2 is 2.20 bits per heavy atom. The topological polar surface area (TPSA) is 20.2 Å². The molecule has 0 heterocycles. The fourth-order valence-corrected chi connectivity index (χ4v) is 1.29. The zero-order chi connectivity index (χ0) is 11.5. The zero-order valence-electron chi connectivity index (χ0n) is 7.96. The second kappa shape index (κ2) is 4.38. The summed E-state index contributed by atoms with van der Waals surface area (Å²) in [5.74, 6) is -1.71. The molecule has 0 aromatic carbocycles. The summed E-state index contributed by atoms with van der Waals surface area (Å²) in [6.07, 6.45) is 2.14. The highest BCUT2D eigenvalue weighted by atomic mass is 19.4. The predicted molar refractivity (Wildman–Crippen MR) is 52.3 cm³/mol. The molecule has 1 aliphatic carbocycles. The van der Waals surface area contributed by atoms with Crippen LogP contribution < -0.4 is 0 Å². The first kappa shape index (κ1) is 11.6. The Labute approximate surface area is 85.9 Å². The van der Waals surface area contributed by atoms with E-state index in [0.29, 0.717) is 0 Å². The fourth-order valence-electron chi connectivity index (χ4n) is 1.29. The molecule has 0 bridgehead atoms. The molecule has 0 amide bonds. The molecule has 0 aromatic heterocycles. The standard InChI is InChI=1S/C11H11F3O/c1-2-4-10(15)8-5-3-6-9(7-8)11(12,13)14/h2-5,7,9,15H,1,6H2/b10-4-. The van der Waals surface area contributed by atoms with Crippen LogP contribution in [0.4, 0.5) is 13.2 Å². The lowest BCUT2D eigenvalue weighted by atomic mass is 9.94. The van der Waals surface area contributed by atoms with Gasteiger partial charge in [0.25, 0.3) is 0 Å². The molecule has 0 radical (unpaired) electrons. The van der Waals surface area contributed by atoms with Crippen LogP contribution in [0.2, 0.25) is 0 Å². The first-order valence-corrected chi connectivity index (χ1v) is 4.42. The van der Waals surface area contributed by atoms with E-state index in [-0.39, 0.29) is 17.8 Å². The van der Waals surface area contributed by atoms with Crippen LogP contribution in [-0.4, -0.2) is 11.3 Å². The van der Waals surface area contributed by atoms with Gasteiger partial charge in [0.15, 0.2) is 0 Å². The van der Waals surface area contributed by atoms with E-state index in [1.165, 1.54) is 24.3 Å². The minimum atomic E-state index is -4.26. The van der Waals surface area contributed by atoms with Gasteiger partial charge in [-0.15, -0.1) is 0 Å². The minimum Gasteiger partial charge on any atom is -0.507 e. The molecule has 0 aromatic rings. The number of alkyl halides is 3. The summed E-state index contributed by atoms with van der Waals surface area (Å²) in [5, 5.41) is 9.36. The Bertz CT molecular complexity index is 334. The van der Waals surface area contributed by atoms with E-state index in [4.69, 9.17) is 0 Å². The maximum Gasteiger partial charge on any atom is 0.395 e. The van der Waals surface area contributed by atoms with Gasteiger partial charge in [0.1, 0.15) is 5.76 Å². The molecule has 1 unspecified atom stereocenters. The van der Waals surface area contributed by atoms with Gasteiger partial charge in [-0.1, -0.05) is 30.9 Å². The van der Waals surface area contributed by atoms with Gasteiger partial charge in [-0.05, 0) is 12.5 Å². The number of aliphatic hydroxyl groups excluding tert-OH is 1. The number of aliphatic hydroxyl groups is 1. The minimum absolute atomic E-state index is 0.0750. The molecule has 1 nitrogen and oxygen atoms in total. The molecule has 0 aliphatic heterocycles. The van der Waals surface area contributed by atoms with Crippen molar-refractivity contribution in [2.45, 2.75) is 12.6 Å². The molecule has 0 spiro atoms. The quantitative estimate of drug-likeness (QED) is 0.551. The molecular weight excluding hydrogens is 205 g/mol. The Morgan fingerprint density at radius 3 is 2.73 bits per heavy atom. The molecule has 0 saturated carbocycles. The molecule has 82 valence electrons. The summed E-state index contributed by atoms with van der Waals surface area (Å²) in [6, 6.07) is 0. The lowest BCUT2D eigenvalue weighted by Gasteiger charge is -2.19. The van der Waals surface area contributed by atoms with Gasteiger partial charge in [-0.3, -0.25) is 0 Å². The van der Waals surface area contributed by atoms with Crippen molar-refractivity contribution in [3.8, 4) is 0 Å². The lowest BCUT2D eigenvalue weighted by molar-refractivity contribution is -0.160. The molecule has 1 rings (SSSR count). The van der Waals surface area contributed by atoms with Crippen molar-refractivity contribution in [3.63, 3.8) is 0 Å². The molecule has 15 heavy (non-hydrogen) atoms. The van der Waals surface area contributed by atoms with Crippen LogP contribution in [-0.2, 0) is 0 Å². The highest BCUT2D eigenvalue weighted by molar-refractivity contribution is 5.39. The van der Waals surface area contributed by atoms with Gasteiger partial charge in [-0.25, -0.2) is 0 Å². The average molecular weight is 216 g/mol. The van der Waals surface area contributed by atoms with Crippen LogP contribution in [0.25, 0.3) is 0 Å². The monoisotopic (exact) mass is 216 g/mol. The molecule has 1 aliphatic rings. The van der Waals surface area contributed by atoms with E-state index < -0.39 is 12.1 Å². The molecule has 4 heteroatoms. The Balaban J connectivity index is 2.91. The molecule has 1 N–H and O–H groups in total. The largest absolute Gasteiger partial charge is 0.507 e. The van der Waals surface area contributed by atoms with Crippen LogP contribution >= 0.6 is 0 Å². The van der Waals surface area contributed by atoms with Gasteiger partial charge in [0, 0.05) is 5.57 Å². The van der Waals surface area contributed by atoms with Gasteiger partial charge in [-0.2, -0.15) is 13.2 Å². The van der Waals surface area contributed by atoms with Gasteiger partial charge in [0.05, 0.1) is 5.92 Å². The molecular formula is C11H11F3O. The van der Waals surface area contributed by atoms with Crippen LogP contribution in [0.5, 0.6) is 0 Å². The Morgan fingerprint density at radius 1 is 1.53 bits per heavy atom. The lowest BCUT2D eigenvalue weighted by Crippen LogP contribution is -2.22. The number of hydrogen-bond acceptors (Lipinski definition) is 1. The second-order valence-corrected chi connectivity index (χ2v) is 3.20. The number of hydrogen-bond donors (Lipinski definition) is 1. The van der Waals surface area contributed by atoms with Crippen molar-refractivity contribution in [2.24, 2.45) is 5.92 Å². The van der Waals surface area contributed by atoms with E-state index in [0.717, 1.165) is 6.08 Å². The third-order valence-corrected chi connectivity index (χ3v) is 2.06. The van der Waals surface area contributed by atoms with Crippen molar-refractivity contribution in [1.82, 2.24) is 0 Å². The first-order valence-electron chi connectivity index (χ1n) is 4.42. The van der Waals surface area contributed by atoms with Crippen LogP contribution in [0.3, 0.4) is 0 Å². The number of rotatable bonds is 2. The Hall–Kier alpha value is -1.45. The van der Waals surface area contributed by atoms with Gasteiger partial charge < -0.3 is 5.11 Å². The van der Waals surface area contributed by atoms with Gasteiger partial charge >= 0.3 is 6.18 Å². The molecule has 1 atom stereocenters. The van der Waals surface area contributed by atoms with E-state index in [9.17, 15) is 18.3 Å². The van der Waals surface area contributed by atoms with Crippen LogP contribution in [0.1, 0.15) is 6.42 Å². The van der Waals surface area contributed by atoms with E-state index in [1.807, 2.05) is 0 Å². The summed E-state index contributed by atoms with van der Waals surface area (Å²) in [4.78, 5) is 0. The predicted octanol–water partition coefficient (Wildman–Crippen LogP) is 3.68. The third-order valence-electron chi connectivity index (χ3n) is 2.06. The summed E-state index contributed by atoms with van der Waals surface area (Å²) in [7, 11) is 0. The molecule has 0 fully saturated rings. The first-order chi connectivity index (χ1) is 6.95. The molecule has 0 saturated heterocycles. The average Bonchev–Trinajstić information content (AvgIpc) is 2.17. The fraction of sp³-hybridized carbons (Fsp3) is 0.273. The van der Waals surface area contributed by atoms with Crippen molar-refractivity contribution in [2.75, 3.05) is 0 Å². The second-order valence-electron chi connectivity index (χ2n) is 3.20. The van der Waals surface area contributed by atoms with E-state index in [1.54, 1.807) is 0 Å².